The molecule has 1 aromatic carbocycles. The third kappa shape index (κ3) is 1.57. The lowest BCUT2D eigenvalue weighted by molar-refractivity contribution is 0.726. The second-order valence-corrected chi connectivity index (χ2v) is 6.20. The third-order valence-electron chi connectivity index (χ3n) is 3.38. The first-order valence-corrected chi connectivity index (χ1v) is 7.30. The number of hydrogen-bond donors (Lipinski definition) is 0. The summed E-state index contributed by atoms with van der Waals surface area (Å²) >= 11 is 1.81. The highest BCUT2D eigenvalue weighted by Gasteiger charge is 2.15. The number of aryl methyl sites for hydroxylation is 4. The second kappa shape index (κ2) is 4.09. The minimum absolute atomic E-state index is 1.07. The summed E-state index contributed by atoms with van der Waals surface area (Å²) in [5, 5.41) is 2.48. The molecule has 0 radical (unpaired) electrons. The van der Waals surface area contributed by atoms with Crippen LogP contribution in [0.5, 0.6) is 0 Å². The summed E-state index contributed by atoms with van der Waals surface area (Å²) < 4.78 is 2.45. The highest BCUT2D eigenvalue weighted by Crippen LogP contribution is 2.35. The van der Waals surface area contributed by atoms with Crippen molar-refractivity contribution in [1.29, 1.82) is 0 Å². The van der Waals surface area contributed by atoms with Crippen LogP contribution in [0.15, 0.2) is 12.1 Å². The third-order valence-corrected chi connectivity index (χ3v) is 4.37. The van der Waals surface area contributed by atoms with E-state index < -0.39 is 0 Å². The summed E-state index contributed by atoms with van der Waals surface area (Å²) in [5.41, 5.74) is 5.24. The van der Waals surface area contributed by atoms with E-state index >= 15 is 0 Å². The summed E-state index contributed by atoms with van der Waals surface area (Å²) in [7, 11) is 0. The van der Waals surface area contributed by atoms with Crippen LogP contribution in [0.25, 0.3) is 21.3 Å². The molecule has 2 nitrogen and oxygen atoms in total. The number of aromatic nitrogens is 2. The lowest BCUT2D eigenvalue weighted by Gasteiger charge is -2.07. The van der Waals surface area contributed by atoms with Crippen molar-refractivity contribution in [3.63, 3.8) is 0 Å². The van der Waals surface area contributed by atoms with Gasteiger partial charge < -0.3 is 4.57 Å². The Morgan fingerprint density at radius 2 is 2.00 bits per heavy atom. The van der Waals surface area contributed by atoms with Crippen molar-refractivity contribution in [2.75, 3.05) is 0 Å². The number of benzene rings is 1. The average Bonchev–Trinajstić information content (AvgIpc) is 2.78. The highest BCUT2D eigenvalue weighted by atomic mass is 32.1. The smallest absolute Gasteiger partial charge is 0.124 e. The van der Waals surface area contributed by atoms with E-state index in [1.165, 1.54) is 32.4 Å². The second-order valence-electron chi connectivity index (χ2n) is 5.02. The van der Waals surface area contributed by atoms with Gasteiger partial charge in [0.1, 0.15) is 10.3 Å². The van der Waals surface area contributed by atoms with Gasteiger partial charge in [-0.1, -0.05) is 18.6 Å². The van der Waals surface area contributed by atoms with E-state index in [1.807, 2.05) is 11.3 Å². The molecule has 3 rings (SSSR count). The zero-order valence-electron chi connectivity index (χ0n) is 11.4. The molecular weight excluding hydrogens is 240 g/mol. The Balaban J connectivity index is 2.51. The molecule has 0 saturated heterocycles. The molecule has 0 saturated carbocycles. The van der Waals surface area contributed by atoms with Crippen LogP contribution in [0, 0.1) is 20.8 Å². The quantitative estimate of drug-likeness (QED) is 0.657. The molecule has 0 aliphatic heterocycles. The van der Waals surface area contributed by atoms with Crippen LogP contribution >= 0.6 is 11.3 Å². The van der Waals surface area contributed by atoms with Crippen LogP contribution in [0.2, 0.25) is 0 Å². The molecule has 3 aromatic rings. The predicted molar refractivity (Wildman–Crippen MR) is 79.6 cm³/mol. The zero-order valence-corrected chi connectivity index (χ0v) is 12.2. The van der Waals surface area contributed by atoms with Crippen LogP contribution in [0.4, 0.5) is 0 Å². The van der Waals surface area contributed by atoms with E-state index in [0.717, 1.165) is 18.0 Å². The van der Waals surface area contributed by atoms with Crippen molar-refractivity contribution < 1.29 is 0 Å². The first-order valence-electron chi connectivity index (χ1n) is 6.48. The van der Waals surface area contributed by atoms with Gasteiger partial charge in [-0.05, 0) is 38.8 Å². The number of nitrogens with zero attached hydrogens (tertiary/aromatic N) is 2. The maximum Gasteiger partial charge on any atom is 0.124 e. The molecule has 0 atom stereocenters. The van der Waals surface area contributed by atoms with Gasteiger partial charge in [-0.25, -0.2) is 4.98 Å². The fourth-order valence-corrected chi connectivity index (χ4v) is 3.77. The molecule has 3 heteroatoms. The standard InChI is InChI=1S/C15H18N2S/c1-5-6-17-14-10(3)7-9(2)8-12(14)13-15(17)18-11(4)16-13/h7-8H,5-6H2,1-4H3. The molecule has 0 aliphatic rings. The Morgan fingerprint density at radius 3 is 2.72 bits per heavy atom. The Kier molecular flexibility index (Phi) is 2.67. The van der Waals surface area contributed by atoms with Crippen molar-refractivity contribution in [2.24, 2.45) is 0 Å². The number of fused-ring (bicyclic) bond motifs is 3. The van der Waals surface area contributed by atoms with Gasteiger partial charge in [0, 0.05) is 11.9 Å². The minimum atomic E-state index is 1.07. The molecule has 0 aliphatic carbocycles. The van der Waals surface area contributed by atoms with Crippen LogP contribution < -0.4 is 0 Å². The first kappa shape index (κ1) is 11.7. The lowest BCUT2D eigenvalue weighted by Crippen LogP contribution is -1.96. The number of rotatable bonds is 2. The van der Waals surface area contributed by atoms with E-state index in [2.05, 4.69) is 44.4 Å². The van der Waals surface area contributed by atoms with Crippen molar-refractivity contribution >= 4 is 32.6 Å². The summed E-state index contributed by atoms with van der Waals surface area (Å²) in [6.45, 7) is 9.77. The summed E-state index contributed by atoms with van der Waals surface area (Å²) in [5.74, 6) is 0. The highest BCUT2D eigenvalue weighted by molar-refractivity contribution is 7.18. The van der Waals surface area contributed by atoms with Gasteiger partial charge in [-0.15, -0.1) is 11.3 Å². The molecule has 0 bridgehead atoms. The van der Waals surface area contributed by atoms with Gasteiger partial charge in [-0.3, -0.25) is 0 Å². The Morgan fingerprint density at radius 1 is 1.22 bits per heavy atom. The van der Waals surface area contributed by atoms with Crippen LogP contribution in [0.3, 0.4) is 0 Å². The Hall–Kier alpha value is -1.35. The summed E-state index contributed by atoms with van der Waals surface area (Å²) in [6, 6.07) is 4.54. The molecule has 0 spiro atoms. The van der Waals surface area contributed by atoms with Gasteiger partial charge in [0.05, 0.1) is 10.5 Å². The van der Waals surface area contributed by atoms with Crippen molar-refractivity contribution in [1.82, 2.24) is 9.55 Å². The zero-order chi connectivity index (χ0) is 12.9. The van der Waals surface area contributed by atoms with E-state index in [-0.39, 0.29) is 0 Å². The van der Waals surface area contributed by atoms with E-state index in [1.54, 1.807) is 0 Å². The van der Waals surface area contributed by atoms with Crippen LogP contribution in [-0.2, 0) is 6.54 Å². The number of thiazole rings is 1. The molecule has 0 amide bonds. The molecular formula is C15H18N2S. The van der Waals surface area contributed by atoms with Gasteiger partial charge in [0.25, 0.3) is 0 Å². The van der Waals surface area contributed by atoms with Gasteiger partial charge >= 0.3 is 0 Å². The Bertz CT molecular complexity index is 734. The monoisotopic (exact) mass is 258 g/mol. The molecule has 18 heavy (non-hydrogen) atoms. The topological polar surface area (TPSA) is 17.8 Å². The number of hydrogen-bond acceptors (Lipinski definition) is 2. The maximum atomic E-state index is 4.72. The van der Waals surface area contributed by atoms with Crippen molar-refractivity contribution in [3.05, 3.63) is 28.3 Å². The normalized spacial score (nSPS) is 11.8. The summed E-state index contributed by atoms with van der Waals surface area (Å²) in [6.07, 6.45) is 1.16. The predicted octanol–water partition coefficient (Wildman–Crippen LogP) is 4.59. The van der Waals surface area contributed by atoms with E-state index in [9.17, 15) is 0 Å². The van der Waals surface area contributed by atoms with Crippen LogP contribution in [0.1, 0.15) is 29.5 Å². The van der Waals surface area contributed by atoms with E-state index in [4.69, 9.17) is 4.98 Å². The molecule has 0 N–H and O–H groups in total. The van der Waals surface area contributed by atoms with E-state index in [0.29, 0.717) is 0 Å². The van der Waals surface area contributed by atoms with Gasteiger partial charge in [-0.2, -0.15) is 0 Å². The van der Waals surface area contributed by atoms with Gasteiger partial charge in [0.15, 0.2) is 0 Å². The largest absolute Gasteiger partial charge is 0.331 e. The molecule has 0 fully saturated rings. The SMILES string of the molecule is CCCn1c2sc(C)nc2c2cc(C)cc(C)c21. The van der Waals surface area contributed by atoms with Crippen molar-refractivity contribution in [2.45, 2.75) is 40.7 Å². The van der Waals surface area contributed by atoms with Crippen molar-refractivity contribution in [3.8, 4) is 0 Å². The lowest BCUT2D eigenvalue weighted by atomic mass is 10.1. The summed E-state index contributed by atoms with van der Waals surface area (Å²) in [4.78, 5) is 6.06. The minimum Gasteiger partial charge on any atom is -0.331 e. The fraction of sp³-hybridized carbons (Fsp3) is 0.400. The maximum absolute atomic E-state index is 4.72. The molecule has 94 valence electrons. The molecule has 2 aromatic heterocycles. The fourth-order valence-electron chi connectivity index (χ4n) is 2.81. The van der Waals surface area contributed by atoms with Gasteiger partial charge in [0.2, 0.25) is 0 Å². The molecule has 0 unspecified atom stereocenters. The average molecular weight is 258 g/mol. The van der Waals surface area contributed by atoms with Crippen LogP contribution in [-0.4, -0.2) is 9.55 Å². The Labute approximate surface area is 111 Å². The first-order chi connectivity index (χ1) is 8.61. The molecule has 2 heterocycles.